The van der Waals surface area contributed by atoms with Crippen molar-refractivity contribution in [2.45, 2.75) is 85.6 Å². The van der Waals surface area contributed by atoms with Crippen LogP contribution >= 0.6 is 57.1 Å². The van der Waals surface area contributed by atoms with Gasteiger partial charge in [0.1, 0.15) is 11.0 Å². The fourth-order valence-corrected chi connectivity index (χ4v) is 11.1. The summed E-state index contributed by atoms with van der Waals surface area (Å²) >= 11 is 9.01. The molecule has 0 unspecified atom stereocenters. The second kappa shape index (κ2) is 12.2. The second-order valence-electron chi connectivity index (χ2n) is 13.7. The lowest BCUT2D eigenvalue weighted by Crippen LogP contribution is -2.28. The summed E-state index contributed by atoms with van der Waals surface area (Å²) in [6, 6.07) is 18.5. The molecule has 2 N–H and O–H groups in total. The van der Waals surface area contributed by atoms with E-state index in [4.69, 9.17) is 10.1 Å². The first-order valence-electron chi connectivity index (χ1n) is 15.3. The molecule has 230 valence electrons. The van der Waals surface area contributed by atoms with E-state index in [2.05, 4.69) is 94.4 Å². The lowest BCUT2D eigenvalue weighted by Gasteiger charge is -2.19. The molecule has 6 rings (SSSR count). The van der Waals surface area contributed by atoms with Crippen molar-refractivity contribution in [3.05, 3.63) is 70.1 Å². The maximum atomic E-state index is 6.48. The molecule has 44 heavy (non-hydrogen) atoms. The van der Waals surface area contributed by atoms with E-state index in [1.807, 2.05) is 59.2 Å². The van der Waals surface area contributed by atoms with Crippen molar-refractivity contribution in [1.29, 1.82) is 0 Å². The van der Waals surface area contributed by atoms with Crippen molar-refractivity contribution in [3.63, 3.8) is 0 Å². The third kappa shape index (κ3) is 6.26. The van der Waals surface area contributed by atoms with Crippen LogP contribution in [0.1, 0.15) is 83.4 Å². The molecule has 0 atom stereocenters. The quantitative estimate of drug-likeness (QED) is 0.166. The SMILES string of the molecule is CCCc1cc(-c2cc(CC(C)C)c(-c3ccc(-c4ccc(C(C)(C)N)c5nsnc45)s3)s2)sc1-c1ccc(C(C)(C)C)s1. The van der Waals surface area contributed by atoms with Crippen molar-refractivity contribution < 1.29 is 0 Å². The zero-order valence-electron chi connectivity index (χ0n) is 26.8. The van der Waals surface area contributed by atoms with Crippen LogP contribution in [0.3, 0.4) is 0 Å². The topological polar surface area (TPSA) is 51.8 Å². The molecule has 0 aliphatic heterocycles. The van der Waals surface area contributed by atoms with Crippen molar-refractivity contribution in [2.75, 3.05) is 0 Å². The first kappa shape index (κ1) is 31.8. The number of hydrogen-bond acceptors (Lipinski definition) is 8. The number of nitrogens with two attached hydrogens (primary N) is 1. The van der Waals surface area contributed by atoms with Gasteiger partial charge in [0, 0.05) is 55.7 Å². The molecule has 0 spiro atoms. The summed E-state index contributed by atoms with van der Waals surface area (Å²) in [6.45, 7) is 17.9. The molecule has 6 aromatic rings. The van der Waals surface area contributed by atoms with Crippen LogP contribution in [-0.2, 0) is 23.8 Å². The third-order valence-electron chi connectivity index (χ3n) is 7.78. The van der Waals surface area contributed by atoms with Crippen LogP contribution in [0.2, 0.25) is 0 Å². The summed E-state index contributed by atoms with van der Waals surface area (Å²) in [4.78, 5) is 11.0. The Balaban J connectivity index is 1.40. The number of benzene rings is 1. The molecule has 5 aromatic heterocycles. The summed E-state index contributed by atoms with van der Waals surface area (Å²) < 4.78 is 9.34. The molecule has 1 aromatic carbocycles. The van der Waals surface area contributed by atoms with Crippen LogP contribution < -0.4 is 5.73 Å². The Morgan fingerprint density at radius 1 is 0.705 bits per heavy atom. The van der Waals surface area contributed by atoms with Gasteiger partial charge in [-0.2, -0.15) is 8.75 Å². The van der Waals surface area contributed by atoms with E-state index in [-0.39, 0.29) is 5.41 Å². The van der Waals surface area contributed by atoms with Gasteiger partial charge in [-0.3, -0.25) is 0 Å². The monoisotopic (exact) mass is 675 g/mol. The molecule has 0 aliphatic rings. The summed E-state index contributed by atoms with van der Waals surface area (Å²) in [5.74, 6) is 0.583. The summed E-state index contributed by atoms with van der Waals surface area (Å²) in [7, 11) is 0. The molecule has 0 saturated carbocycles. The minimum Gasteiger partial charge on any atom is -0.322 e. The van der Waals surface area contributed by atoms with E-state index in [0.717, 1.165) is 41.4 Å². The predicted molar refractivity (Wildman–Crippen MR) is 199 cm³/mol. The standard InChI is InChI=1S/C36H41N3S5/c1-9-10-21-18-28(42-33(21)27-15-16-30(41-27)35(4,5)6)29-19-22(17-20(2)3)34(43-29)26-14-13-25(40-26)23-11-12-24(36(7,8)37)32-31(23)38-44-39-32/h11-16,18-20H,9-10,17,37H2,1-8H3. The fraction of sp³-hybridized carbons (Fsp3) is 0.389. The first-order valence-corrected chi connectivity index (χ1v) is 19.3. The Hall–Kier alpha value is -2.20. The van der Waals surface area contributed by atoms with Crippen LogP contribution in [0.4, 0.5) is 0 Å². The van der Waals surface area contributed by atoms with Crippen molar-refractivity contribution in [1.82, 2.24) is 8.75 Å². The molecule has 3 nitrogen and oxygen atoms in total. The molecular formula is C36H41N3S5. The van der Waals surface area contributed by atoms with Crippen molar-refractivity contribution in [3.8, 4) is 39.7 Å². The van der Waals surface area contributed by atoms with Crippen LogP contribution in [0.5, 0.6) is 0 Å². The Bertz CT molecular complexity index is 1910. The highest BCUT2D eigenvalue weighted by Gasteiger charge is 2.24. The van der Waals surface area contributed by atoms with E-state index < -0.39 is 5.54 Å². The summed E-state index contributed by atoms with van der Waals surface area (Å²) in [5.41, 5.74) is 13.2. The molecule has 0 aliphatic carbocycles. The Kier molecular flexibility index (Phi) is 8.80. The number of aryl methyl sites for hydroxylation is 1. The van der Waals surface area contributed by atoms with Gasteiger partial charge in [0.15, 0.2) is 0 Å². The van der Waals surface area contributed by atoms with Gasteiger partial charge in [0.2, 0.25) is 0 Å². The van der Waals surface area contributed by atoms with Crippen LogP contribution in [0, 0.1) is 5.92 Å². The zero-order chi connectivity index (χ0) is 31.4. The zero-order valence-corrected chi connectivity index (χ0v) is 30.9. The number of rotatable bonds is 9. The number of aromatic nitrogens is 2. The highest BCUT2D eigenvalue weighted by atomic mass is 32.1. The number of thiophene rings is 4. The van der Waals surface area contributed by atoms with Gasteiger partial charge in [-0.25, -0.2) is 0 Å². The molecule has 0 radical (unpaired) electrons. The summed E-state index contributed by atoms with van der Waals surface area (Å²) in [5, 5.41) is 0. The van der Waals surface area contributed by atoms with Gasteiger partial charge in [-0.15, -0.1) is 45.3 Å². The summed E-state index contributed by atoms with van der Waals surface area (Å²) in [6.07, 6.45) is 3.33. The van der Waals surface area contributed by atoms with Gasteiger partial charge >= 0.3 is 0 Å². The average Bonchev–Trinajstić information content (AvgIpc) is 3.76. The lowest BCUT2D eigenvalue weighted by molar-refractivity contribution is 0.559. The molecular weight excluding hydrogens is 635 g/mol. The maximum absolute atomic E-state index is 6.48. The van der Waals surface area contributed by atoms with Crippen molar-refractivity contribution >= 4 is 68.1 Å². The Morgan fingerprint density at radius 2 is 1.32 bits per heavy atom. The Labute approximate surface area is 282 Å². The molecule has 5 heterocycles. The van der Waals surface area contributed by atoms with Gasteiger partial charge in [0.25, 0.3) is 0 Å². The second-order valence-corrected chi connectivity index (χ2v) is 18.5. The molecule has 0 saturated heterocycles. The van der Waals surface area contributed by atoms with Crippen LogP contribution in [-0.4, -0.2) is 8.75 Å². The minimum absolute atomic E-state index is 0.173. The van der Waals surface area contributed by atoms with E-state index in [9.17, 15) is 0 Å². The lowest BCUT2D eigenvalue weighted by atomic mass is 9.93. The molecule has 0 amide bonds. The normalized spacial score (nSPS) is 12.7. The van der Waals surface area contributed by atoms with Gasteiger partial charge in [-0.1, -0.05) is 60.1 Å². The van der Waals surface area contributed by atoms with Gasteiger partial charge in [0.05, 0.1) is 11.7 Å². The van der Waals surface area contributed by atoms with E-state index >= 15 is 0 Å². The smallest absolute Gasteiger partial charge is 0.113 e. The van der Waals surface area contributed by atoms with Crippen LogP contribution in [0.25, 0.3) is 50.7 Å². The van der Waals surface area contributed by atoms with Crippen molar-refractivity contribution in [2.24, 2.45) is 11.7 Å². The molecule has 0 bridgehead atoms. The molecule has 8 heteroatoms. The number of hydrogen-bond donors (Lipinski definition) is 1. The Morgan fingerprint density at radius 3 is 1.95 bits per heavy atom. The highest BCUT2D eigenvalue weighted by molar-refractivity contribution is 7.29. The highest BCUT2D eigenvalue weighted by Crippen LogP contribution is 2.49. The number of fused-ring (bicyclic) bond motifs is 1. The van der Waals surface area contributed by atoms with Gasteiger partial charge in [-0.05, 0) is 85.5 Å². The largest absolute Gasteiger partial charge is 0.322 e. The predicted octanol–water partition coefficient (Wildman–Crippen LogP) is 12.2. The van der Waals surface area contributed by atoms with Gasteiger partial charge < -0.3 is 5.73 Å². The average molecular weight is 676 g/mol. The van der Waals surface area contributed by atoms with E-state index in [0.29, 0.717) is 5.92 Å². The van der Waals surface area contributed by atoms with E-state index in [1.165, 1.54) is 61.9 Å². The third-order valence-corrected chi connectivity index (χ3v) is 13.9. The first-order chi connectivity index (χ1) is 20.8. The maximum Gasteiger partial charge on any atom is 0.113 e. The fourth-order valence-electron chi connectivity index (χ4n) is 5.62. The van der Waals surface area contributed by atoms with Crippen LogP contribution in [0.15, 0.2) is 48.5 Å². The van der Waals surface area contributed by atoms with E-state index in [1.54, 1.807) is 0 Å². The molecule has 0 fully saturated rings. The number of nitrogens with zero attached hydrogens (tertiary/aromatic N) is 2. The minimum atomic E-state index is -0.469.